The van der Waals surface area contributed by atoms with Gasteiger partial charge in [-0.1, -0.05) is 19.1 Å². The summed E-state index contributed by atoms with van der Waals surface area (Å²) in [6.45, 7) is 2.36. The summed E-state index contributed by atoms with van der Waals surface area (Å²) >= 11 is 0. The van der Waals surface area contributed by atoms with E-state index in [4.69, 9.17) is 25.8 Å². The summed E-state index contributed by atoms with van der Waals surface area (Å²) in [7, 11) is 0. The van der Waals surface area contributed by atoms with Gasteiger partial charge in [0.1, 0.15) is 17.5 Å². The molecular weight excluding hydrogens is 338 g/mol. The monoisotopic (exact) mass is 361 g/mol. The largest absolute Gasteiger partial charge is 0.508 e. The Morgan fingerprint density at radius 1 is 1.00 bits per heavy atom. The highest BCUT2D eigenvalue weighted by Gasteiger charge is 2.11. The number of hydrogen-bond acceptors (Lipinski definition) is 6. The Labute approximate surface area is 151 Å². The van der Waals surface area contributed by atoms with Crippen molar-refractivity contribution in [3.63, 3.8) is 0 Å². The molecule has 2 aromatic rings. The van der Waals surface area contributed by atoms with Crippen LogP contribution in [0.3, 0.4) is 0 Å². The average Bonchev–Trinajstić information content (AvgIpc) is 2.62. The number of carbonyl (C=O) groups excluding carboxylic acids is 1. The van der Waals surface area contributed by atoms with Crippen LogP contribution in [0.15, 0.2) is 48.5 Å². The van der Waals surface area contributed by atoms with E-state index in [1.807, 2.05) is 6.92 Å². The van der Waals surface area contributed by atoms with Crippen molar-refractivity contribution in [3.05, 3.63) is 59.7 Å². The van der Waals surface area contributed by atoms with Gasteiger partial charge in [-0.05, 0) is 54.8 Å². The number of benzene rings is 2. The number of carboxylic acid groups (broad SMARTS) is 1. The van der Waals surface area contributed by atoms with Crippen LogP contribution in [0.1, 0.15) is 29.3 Å². The molecule has 0 aliphatic heterocycles. The van der Waals surface area contributed by atoms with Crippen molar-refractivity contribution >= 4 is 11.9 Å². The zero-order valence-corrected chi connectivity index (χ0v) is 14.5. The lowest BCUT2D eigenvalue weighted by Crippen LogP contribution is -2.32. The number of aliphatic carboxylic acids is 1. The van der Waals surface area contributed by atoms with Gasteiger partial charge in [-0.15, -0.1) is 0 Å². The number of hydrogen-bond donors (Lipinski definition) is 4. The van der Waals surface area contributed by atoms with Crippen LogP contribution in [0.5, 0.6) is 11.5 Å². The van der Waals surface area contributed by atoms with Crippen LogP contribution in [-0.2, 0) is 16.0 Å². The number of phenols is 2. The topological polar surface area (TPSA) is 130 Å². The third-order valence-electron chi connectivity index (χ3n) is 3.25. The molecule has 0 fully saturated rings. The fourth-order valence-electron chi connectivity index (χ4n) is 1.85. The Morgan fingerprint density at radius 3 is 1.96 bits per heavy atom. The fourth-order valence-corrected chi connectivity index (χ4v) is 1.85. The third kappa shape index (κ3) is 7.67. The van der Waals surface area contributed by atoms with Crippen molar-refractivity contribution in [2.24, 2.45) is 5.73 Å². The van der Waals surface area contributed by atoms with Gasteiger partial charge in [-0.3, -0.25) is 4.79 Å². The van der Waals surface area contributed by atoms with Crippen LogP contribution in [0, 0.1) is 0 Å². The number of carboxylic acids is 1. The highest BCUT2D eigenvalue weighted by molar-refractivity contribution is 5.89. The number of carbonyl (C=O) groups is 2. The maximum absolute atomic E-state index is 11.2. The van der Waals surface area contributed by atoms with E-state index in [1.165, 1.54) is 36.4 Å². The van der Waals surface area contributed by atoms with Crippen LogP contribution in [0.25, 0.3) is 0 Å². The minimum absolute atomic E-state index is 0.145. The van der Waals surface area contributed by atoms with Crippen LogP contribution < -0.4 is 5.73 Å². The Hall–Kier alpha value is -3.06. The summed E-state index contributed by atoms with van der Waals surface area (Å²) in [5, 5.41) is 26.4. The van der Waals surface area contributed by atoms with Crippen LogP contribution in [0.2, 0.25) is 0 Å². The number of aromatic hydroxyl groups is 2. The second-order valence-electron chi connectivity index (χ2n) is 5.50. The SMILES string of the molecule is CCCOC(=O)c1ccc(O)cc1.NC(Cc1ccc(O)cc1)C(=O)O. The number of esters is 1. The summed E-state index contributed by atoms with van der Waals surface area (Å²) in [5.41, 5.74) is 6.59. The van der Waals surface area contributed by atoms with Crippen LogP contribution >= 0.6 is 0 Å². The Morgan fingerprint density at radius 2 is 1.50 bits per heavy atom. The van der Waals surface area contributed by atoms with Gasteiger partial charge >= 0.3 is 11.9 Å². The number of rotatable bonds is 6. The standard InChI is InChI=1S/C10H12O3.C9H11NO3/c1-2-7-13-10(12)8-3-5-9(11)6-4-8;10-8(9(12)13)5-6-1-3-7(11)4-2-6/h3-6,11H,2,7H2,1H3;1-4,8,11H,5,10H2,(H,12,13). The summed E-state index contributed by atoms with van der Waals surface area (Å²) < 4.78 is 4.90. The molecule has 2 aromatic carbocycles. The van der Waals surface area contributed by atoms with Crippen molar-refractivity contribution in [3.8, 4) is 11.5 Å². The zero-order chi connectivity index (χ0) is 19.5. The van der Waals surface area contributed by atoms with Gasteiger partial charge in [0.05, 0.1) is 12.2 Å². The van der Waals surface area contributed by atoms with Gasteiger partial charge in [0.25, 0.3) is 0 Å². The van der Waals surface area contributed by atoms with Gasteiger partial charge in [0.2, 0.25) is 0 Å². The molecule has 0 radical (unpaired) electrons. The molecule has 2 rings (SSSR count). The predicted octanol–water partition coefficient (Wildman–Crippen LogP) is 2.31. The van der Waals surface area contributed by atoms with Gasteiger partial charge in [-0.25, -0.2) is 4.79 Å². The lowest BCUT2D eigenvalue weighted by Gasteiger charge is -2.05. The minimum Gasteiger partial charge on any atom is -0.508 e. The fraction of sp³-hybridized carbons (Fsp3) is 0.263. The summed E-state index contributed by atoms with van der Waals surface area (Å²) in [6.07, 6.45) is 1.08. The smallest absolute Gasteiger partial charge is 0.338 e. The lowest BCUT2D eigenvalue weighted by atomic mass is 10.1. The minimum atomic E-state index is -1.02. The highest BCUT2D eigenvalue weighted by Crippen LogP contribution is 2.11. The van der Waals surface area contributed by atoms with E-state index in [9.17, 15) is 9.59 Å². The first kappa shape index (κ1) is 21.0. The second kappa shape index (κ2) is 10.7. The summed E-state index contributed by atoms with van der Waals surface area (Å²) in [4.78, 5) is 21.6. The number of phenolic OH excluding ortho intramolecular Hbond substituents is 2. The third-order valence-corrected chi connectivity index (χ3v) is 3.25. The molecule has 26 heavy (non-hydrogen) atoms. The van der Waals surface area contributed by atoms with E-state index in [0.717, 1.165) is 12.0 Å². The van der Waals surface area contributed by atoms with E-state index in [0.29, 0.717) is 12.2 Å². The predicted molar refractivity (Wildman–Crippen MR) is 96.1 cm³/mol. The van der Waals surface area contributed by atoms with E-state index < -0.39 is 12.0 Å². The van der Waals surface area contributed by atoms with Crippen molar-refractivity contribution in [1.29, 1.82) is 0 Å². The van der Waals surface area contributed by atoms with Gasteiger partial charge in [0, 0.05) is 0 Å². The number of ether oxygens (including phenoxy) is 1. The molecule has 7 nitrogen and oxygen atoms in total. The first-order valence-electron chi connectivity index (χ1n) is 8.06. The quantitative estimate of drug-likeness (QED) is 0.581. The Balaban J connectivity index is 0.000000260. The molecule has 5 N–H and O–H groups in total. The van der Waals surface area contributed by atoms with Crippen molar-refractivity contribution in [2.75, 3.05) is 6.61 Å². The molecule has 0 bridgehead atoms. The van der Waals surface area contributed by atoms with Crippen molar-refractivity contribution in [2.45, 2.75) is 25.8 Å². The summed E-state index contributed by atoms with van der Waals surface area (Å²) in [6, 6.07) is 11.4. The first-order chi connectivity index (χ1) is 12.3. The maximum Gasteiger partial charge on any atom is 0.338 e. The lowest BCUT2D eigenvalue weighted by molar-refractivity contribution is -0.138. The molecular formula is C19H23NO6. The average molecular weight is 361 g/mol. The van der Waals surface area contributed by atoms with Gasteiger partial charge in [0.15, 0.2) is 0 Å². The molecule has 0 heterocycles. The van der Waals surface area contributed by atoms with Crippen molar-refractivity contribution in [1.82, 2.24) is 0 Å². The maximum atomic E-state index is 11.2. The molecule has 7 heteroatoms. The molecule has 0 aromatic heterocycles. The Kier molecular flexibility index (Phi) is 8.66. The van der Waals surface area contributed by atoms with E-state index in [2.05, 4.69) is 0 Å². The molecule has 0 saturated heterocycles. The highest BCUT2D eigenvalue weighted by atomic mass is 16.5. The normalized spacial score (nSPS) is 11.0. The van der Waals surface area contributed by atoms with Gasteiger partial charge in [-0.2, -0.15) is 0 Å². The van der Waals surface area contributed by atoms with E-state index in [-0.39, 0.29) is 23.9 Å². The van der Waals surface area contributed by atoms with Crippen LogP contribution in [0.4, 0.5) is 0 Å². The van der Waals surface area contributed by atoms with Gasteiger partial charge < -0.3 is 25.8 Å². The number of nitrogens with two attached hydrogens (primary N) is 1. The van der Waals surface area contributed by atoms with Crippen molar-refractivity contribution < 1.29 is 29.6 Å². The van der Waals surface area contributed by atoms with Crippen LogP contribution in [-0.4, -0.2) is 39.9 Å². The molecule has 1 unspecified atom stereocenters. The molecule has 140 valence electrons. The molecule has 0 aliphatic rings. The second-order valence-corrected chi connectivity index (χ2v) is 5.50. The van der Waals surface area contributed by atoms with E-state index in [1.54, 1.807) is 12.1 Å². The van der Waals surface area contributed by atoms with E-state index >= 15 is 0 Å². The zero-order valence-electron chi connectivity index (χ0n) is 14.5. The molecule has 0 aliphatic carbocycles. The molecule has 0 saturated carbocycles. The molecule has 0 amide bonds. The first-order valence-corrected chi connectivity index (χ1v) is 8.06. The molecule has 0 spiro atoms. The Bertz CT molecular complexity index is 697. The summed E-state index contributed by atoms with van der Waals surface area (Å²) in [5.74, 6) is -1.06. The molecule has 1 atom stereocenters.